The molecule has 9 heteroatoms. The molecule has 1 aromatic heterocycles. The highest BCUT2D eigenvalue weighted by atomic mass is 35.5. The number of rotatable bonds is 8. The number of nitriles is 1. The highest BCUT2D eigenvalue weighted by Gasteiger charge is 2.32. The van der Waals surface area contributed by atoms with Gasteiger partial charge in [-0.25, -0.2) is 4.39 Å². The summed E-state index contributed by atoms with van der Waals surface area (Å²) < 4.78 is 23.4. The molecule has 0 saturated heterocycles. The Morgan fingerprint density at radius 3 is 2.65 bits per heavy atom. The van der Waals surface area contributed by atoms with E-state index in [1.807, 2.05) is 17.3 Å². The van der Waals surface area contributed by atoms with Crippen LogP contribution >= 0.6 is 11.6 Å². The normalized spacial score (nSPS) is 17.6. The van der Waals surface area contributed by atoms with Gasteiger partial charge in [0.05, 0.1) is 34.9 Å². The van der Waals surface area contributed by atoms with Crippen molar-refractivity contribution in [1.29, 1.82) is 5.26 Å². The molecule has 1 aliphatic heterocycles. The molecule has 1 unspecified atom stereocenters. The number of benzene rings is 2. The molecule has 7 nitrogen and oxygen atoms in total. The molecule has 0 radical (unpaired) electrons. The highest BCUT2D eigenvalue weighted by Crippen LogP contribution is 2.38. The first-order valence-corrected chi connectivity index (χ1v) is 12.8. The number of anilines is 2. The van der Waals surface area contributed by atoms with Crippen LogP contribution in [0.3, 0.4) is 0 Å². The number of pyridine rings is 1. The summed E-state index contributed by atoms with van der Waals surface area (Å²) in [7, 11) is 0. The summed E-state index contributed by atoms with van der Waals surface area (Å²) in [6.07, 6.45) is 5.55. The number of nitrogens with zero attached hydrogens (tertiary/aromatic N) is 3. The zero-order chi connectivity index (χ0) is 27.2. The zero-order valence-corrected chi connectivity index (χ0v) is 22.0. The number of fused-ring (bicyclic) bond motifs is 1. The first-order chi connectivity index (χ1) is 18.0. The third-order valence-electron chi connectivity index (χ3n) is 7.14. The van der Waals surface area contributed by atoms with E-state index in [4.69, 9.17) is 11.6 Å². The second-order valence-corrected chi connectivity index (χ2v) is 10.8. The van der Waals surface area contributed by atoms with E-state index < -0.39 is 6.02 Å². The highest BCUT2D eigenvalue weighted by molar-refractivity contribution is 6.35. The van der Waals surface area contributed by atoms with Gasteiger partial charge in [0.25, 0.3) is 0 Å². The first-order valence-electron chi connectivity index (χ1n) is 12.9. The van der Waals surface area contributed by atoms with Crippen molar-refractivity contribution in [1.82, 2.24) is 21.0 Å². The predicted molar refractivity (Wildman–Crippen MR) is 146 cm³/mol. The summed E-state index contributed by atoms with van der Waals surface area (Å²) in [4.78, 5) is 4.46. The van der Waals surface area contributed by atoms with Gasteiger partial charge in [-0.1, -0.05) is 37.6 Å². The Morgan fingerprint density at radius 2 is 2.00 bits per heavy atom. The fourth-order valence-corrected chi connectivity index (χ4v) is 4.35. The lowest BCUT2D eigenvalue weighted by Gasteiger charge is -2.32. The van der Waals surface area contributed by atoms with Gasteiger partial charge in [-0.05, 0) is 62.4 Å². The molecule has 0 spiro atoms. The van der Waals surface area contributed by atoms with Gasteiger partial charge in [0.1, 0.15) is 11.9 Å². The molecule has 0 amide bonds. The van der Waals surface area contributed by atoms with Crippen LogP contribution < -0.4 is 21.6 Å². The van der Waals surface area contributed by atoms with Crippen molar-refractivity contribution < 1.29 is 5.76 Å². The molecule has 2 aliphatic rings. The molecule has 37 heavy (non-hydrogen) atoms. The minimum Gasteiger partial charge on any atom is -0.378 e. The van der Waals surface area contributed by atoms with E-state index in [-0.39, 0.29) is 17.3 Å². The van der Waals surface area contributed by atoms with Crippen LogP contribution in [0.25, 0.3) is 10.9 Å². The van der Waals surface area contributed by atoms with E-state index in [0.29, 0.717) is 50.2 Å². The number of hydrogen-bond acceptors (Lipinski definition) is 7. The van der Waals surface area contributed by atoms with Gasteiger partial charge in [-0.3, -0.25) is 9.99 Å². The third-order valence-corrected chi connectivity index (χ3v) is 7.42. The Hall–Kier alpha value is -3.54. The quantitative estimate of drug-likeness (QED) is 0.280. The lowest BCUT2D eigenvalue weighted by atomic mass is 9.90. The second-order valence-electron chi connectivity index (χ2n) is 10.4. The molecule has 4 N–H and O–H groups in total. The lowest BCUT2D eigenvalue weighted by molar-refractivity contribution is 0.260. The van der Waals surface area contributed by atoms with Crippen molar-refractivity contribution in [2.75, 3.05) is 10.6 Å². The number of aromatic nitrogens is 1. The van der Waals surface area contributed by atoms with Crippen LogP contribution in [0.1, 0.15) is 59.1 Å². The topological polar surface area (TPSA) is 88.0 Å². The second kappa shape index (κ2) is 9.73. The summed E-state index contributed by atoms with van der Waals surface area (Å²) in [6.45, 7) is 8.38. The van der Waals surface area contributed by atoms with Crippen LogP contribution in [0, 0.1) is 23.1 Å². The monoisotopic (exact) mass is 520 g/mol. The SMILES string of the molecule is [2H]C(Nc1cc(Cl)c2ncc(C#N)c(NC(C)(C)C(C)C)c2c1)(C1=CN(C2CC2)NN1)c1ccc(F)cc1. The van der Waals surface area contributed by atoms with Gasteiger partial charge in [0.2, 0.25) is 0 Å². The van der Waals surface area contributed by atoms with Gasteiger partial charge in [-0.15, -0.1) is 5.53 Å². The van der Waals surface area contributed by atoms with Crippen LogP contribution in [0.2, 0.25) is 5.02 Å². The Kier molecular flexibility index (Phi) is 6.27. The molecule has 5 rings (SSSR count). The van der Waals surface area contributed by atoms with Gasteiger partial charge in [0, 0.05) is 35.1 Å². The summed E-state index contributed by atoms with van der Waals surface area (Å²) >= 11 is 6.72. The molecule has 3 aromatic rings. The number of halogens is 2. The van der Waals surface area contributed by atoms with Crippen LogP contribution in [0.4, 0.5) is 15.8 Å². The van der Waals surface area contributed by atoms with Crippen LogP contribution in [-0.2, 0) is 0 Å². The van der Waals surface area contributed by atoms with Crippen molar-refractivity contribution in [3.05, 3.63) is 76.5 Å². The number of nitrogens with one attached hydrogen (secondary N) is 4. The molecule has 1 aliphatic carbocycles. The van der Waals surface area contributed by atoms with E-state index in [0.717, 1.165) is 12.8 Å². The fraction of sp³-hybridized carbons (Fsp3) is 0.357. The maximum absolute atomic E-state index is 13.8. The van der Waals surface area contributed by atoms with Gasteiger partial charge in [-0.2, -0.15) is 5.26 Å². The van der Waals surface area contributed by atoms with Crippen molar-refractivity contribution in [2.45, 2.75) is 58.1 Å². The standard InChI is InChI=1S/C28H31ClFN7/c1-16(2)28(3,4)34-25-18(13-31)14-32-27-22(25)11-20(12-23(27)29)33-26(17-5-7-19(30)8-6-17)24-15-37(36-35-24)21-9-10-21/h5-8,11-12,14-16,21,26,33,35-36H,9-10H2,1-4H3,(H,32,34)/i26D. The van der Waals surface area contributed by atoms with E-state index in [1.165, 1.54) is 18.3 Å². The maximum atomic E-state index is 13.8. The van der Waals surface area contributed by atoms with Crippen molar-refractivity contribution >= 4 is 33.9 Å². The Labute approximate surface area is 223 Å². The largest absolute Gasteiger partial charge is 0.378 e. The van der Waals surface area contributed by atoms with Crippen LogP contribution in [0.15, 0.2) is 54.5 Å². The Balaban J connectivity index is 1.62. The van der Waals surface area contributed by atoms with Crippen LogP contribution in [0.5, 0.6) is 0 Å². The molecule has 2 aromatic carbocycles. The first kappa shape index (κ1) is 23.8. The molecule has 192 valence electrons. The van der Waals surface area contributed by atoms with Crippen molar-refractivity contribution in [2.24, 2.45) is 5.92 Å². The minimum atomic E-state index is -1.51. The lowest BCUT2D eigenvalue weighted by Crippen LogP contribution is -2.38. The average Bonchev–Trinajstić information content (AvgIpc) is 3.60. The van der Waals surface area contributed by atoms with Gasteiger partial charge >= 0.3 is 0 Å². The minimum absolute atomic E-state index is 0.274. The summed E-state index contributed by atoms with van der Waals surface area (Å²) in [5.74, 6) is -0.106. The maximum Gasteiger partial charge on any atom is 0.123 e. The summed E-state index contributed by atoms with van der Waals surface area (Å²) in [6, 6.07) is 10.5. The Morgan fingerprint density at radius 1 is 1.27 bits per heavy atom. The van der Waals surface area contributed by atoms with E-state index in [9.17, 15) is 11.0 Å². The molecule has 2 heterocycles. The molecular formula is C28H31ClFN7. The average molecular weight is 521 g/mol. The van der Waals surface area contributed by atoms with E-state index in [1.54, 1.807) is 18.2 Å². The molecule has 1 fully saturated rings. The molecular weight excluding hydrogens is 489 g/mol. The van der Waals surface area contributed by atoms with Gasteiger partial charge < -0.3 is 16.1 Å². The molecule has 1 atom stereocenters. The third kappa shape index (κ3) is 5.15. The fourth-order valence-electron chi connectivity index (χ4n) is 4.08. The number of hydrazine groups is 2. The molecule has 1 saturated carbocycles. The predicted octanol–water partition coefficient (Wildman–Crippen LogP) is 6.23. The smallest absolute Gasteiger partial charge is 0.123 e. The molecule has 0 bridgehead atoms. The number of hydrogen-bond donors (Lipinski definition) is 4. The van der Waals surface area contributed by atoms with Crippen molar-refractivity contribution in [3.8, 4) is 6.07 Å². The summed E-state index contributed by atoms with van der Waals surface area (Å²) in [5, 5.41) is 19.7. The van der Waals surface area contributed by atoms with Crippen LogP contribution in [-0.4, -0.2) is 21.6 Å². The summed E-state index contributed by atoms with van der Waals surface area (Å²) in [5.41, 5.74) is 9.15. The van der Waals surface area contributed by atoms with E-state index >= 15 is 0 Å². The zero-order valence-electron chi connectivity index (χ0n) is 22.3. The van der Waals surface area contributed by atoms with Crippen molar-refractivity contribution in [3.63, 3.8) is 0 Å². The van der Waals surface area contributed by atoms with E-state index in [2.05, 4.69) is 60.3 Å². The van der Waals surface area contributed by atoms with Gasteiger partial charge in [0.15, 0.2) is 0 Å². The Bertz CT molecular complexity index is 1450.